The molecular formula is C22H24N2O4. The van der Waals surface area contributed by atoms with Gasteiger partial charge in [-0.3, -0.25) is 4.79 Å². The molecule has 0 bridgehead atoms. The summed E-state index contributed by atoms with van der Waals surface area (Å²) < 4.78 is 11.1. The second kappa shape index (κ2) is 8.17. The Kier molecular flexibility index (Phi) is 5.68. The number of amides is 1. The van der Waals surface area contributed by atoms with Crippen molar-refractivity contribution >= 4 is 22.8 Å². The average Bonchev–Trinajstić information content (AvgIpc) is 3.10. The summed E-state index contributed by atoms with van der Waals surface area (Å²) >= 11 is 0. The van der Waals surface area contributed by atoms with Crippen molar-refractivity contribution in [1.29, 1.82) is 0 Å². The molecule has 0 aliphatic rings. The van der Waals surface area contributed by atoms with E-state index < -0.39 is 11.5 Å². The third kappa shape index (κ3) is 4.01. The van der Waals surface area contributed by atoms with E-state index in [1.54, 1.807) is 20.0 Å². The first-order valence-corrected chi connectivity index (χ1v) is 9.18. The third-order valence-corrected chi connectivity index (χ3v) is 4.55. The van der Waals surface area contributed by atoms with Crippen LogP contribution in [0.3, 0.4) is 0 Å². The van der Waals surface area contributed by atoms with Crippen molar-refractivity contribution in [2.45, 2.75) is 32.9 Å². The fourth-order valence-electron chi connectivity index (χ4n) is 3.20. The molecule has 1 heterocycles. The quantitative estimate of drug-likeness (QED) is 0.613. The molecule has 1 aromatic heterocycles. The van der Waals surface area contributed by atoms with E-state index in [9.17, 15) is 9.59 Å². The number of carbonyl (C=O) groups excluding carboxylic acids is 2. The van der Waals surface area contributed by atoms with Gasteiger partial charge in [0.1, 0.15) is 12.4 Å². The van der Waals surface area contributed by atoms with Crippen molar-refractivity contribution in [3.05, 3.63) is 65.9 Å². The van der Waals surface area contributed by atoms with Crippen LogP contribution in [0.5, 0.6) is 5.75 Å². The number of benzene rings is 2. The topological polar surface area (TPSA) is 80.4 Å². The normalized spacial score (nSPS) is 13.0. The van der Waals surface area contributed by atoms with Crippen LogP contribution in [0.15, 0.2) is 54.7 Å². The van der Waals surface area contributed by atoms with Crippen LogP contribution in [-0.4, -0.2) is 23.5 Å². The lowest BCUT2D eigenvalue weighted by molar-refractivity contribution is -0.152. The third-order valence-electron chi connectivity index (χ3n) is 4.55. The number of ether oxygens (including phenoxy) is 2. The van der Waals surface area contributed by atoms with E-state index in [2.05, 4.69) is 10.3 Å². The number of aromatic amines is 1. The second-order valence-corrected chi connectivity index (χ2v) is 6.71. The fourth-order valence-corrected chi connectivity index (χ4v) is 3.20. The lowest BCUT2D eigenvalue weighted by Gasteiger charge is -2.27. The Bertz CT molecular complexity index is 981. The summed E-state index contributed by atoms with van der Waals surface area (Å²) in [6.45, 7) is 5.42. The molecule has 146 valence electrons. The maximum absolute atomic E-state index is 12.7. The molecule has 2 aromatic carbocycles. The maximum Gasteiger partial charge on any atom is 0.336 e. The number of rotatable bonds is 7. The lowest BCUT2D eigenvalue weighted by atomic mass is 9.91. The van der Waals surface area contributed by atoms with E-state index in [1.165, 1.54) is 6.92 Å². The SMILES string of the molecule is CCOC(=O)C(C)(NC(C)=O)c1c[nH]c2ccc(OCc3ccccc3)cc12. The molecule has 0 spiro atoms. The highest BCUT2D eigenvalue weighted by atomic mass is 16.5. The van der Waals surface area contributed by atoms with Crippen LogP contribution in [0.25, 0.3) is 10.9 Å². The van der Waals surface area contributed by atoms with Gasteiger partial charge >= 0.3 is 5.97 Å². The van der Waals surface area contributed by atoms with Crippen LogP contribution in [-0.2, 0) is 26.5 Å². The van der Waals surface area contributed by atoms with Gasteiger partial charge in [-0.15, -0.1) is 0 Å². The van der Waals surface area contributed by atoms with Crippen molar-refractivity contribution in [3.63, 3.8) is 0 Å². The molecule has 2 N–H and O–H groups in total. The summed E-state index contributed by atoms with van der Waals surface area (Å²) in [4.78, 5) is 27.6. The zero-order chi connectivity index (χ0) is 20.1. The number of nitrogens with one attached hydrogen (secondary N) is 2. The van der Waals surface area contributed by atoms with E-state index in [-0.39, 0.29) is 12.5 Å². The Morgan fingerprint density at radius 2 is 1.89 bits per heavy atom. The summed E-state index contributed by atoms with van der Waals surface area (Å²) in [5.41, 5.74) is 1.22. The van der Waals surface area contributed by atoms with Crippen LogP contribution in [0.1, 0.15) is 31.9 Å². The van der Waals surface area contributed by atoms with E-state index in [1.807, 2.05) is 48.5 Å². The van der Waals surface area contributed by atoms with Crippen LogP contribution in [0, 0.1) is 0 Å². The van der Waals surface area contributed by atoms with Gasteiger partial charge in [0.15, 0.2) is 5.54 Å². The van der Waals surface area contributed by atoms with Gasteiger partial charge in [-0.05, 0) is 37.6 Å². The Hall–Kier alpha value is -3.28. The van der Waals surface area contributed by atoms with Gasteiger partial charge in [0.05, 0.1) is 6.61 Å². The molecule has 3 aromatic rings. The minimum Gasteiger partial charge on any atom is -0.489 e. The second-order valence-electron chi connectivity index (χ2n) is 6.71. The van der Waals surface area contributed by atoms with Gasteiger partial charge in [0.2, 0.25) is 5.91 Å². The number of H-pyrrole nitrogens is 1. The molecule has 1 amide bonds. The molecule has 6 nitrogen and oxygen atoms in total. The minimum absolute atomic E-state index is 0.224. The van der Waals surface area contributed by atoms with Gasteiger partial charge in [-0.2, -0.15) is 0 Å². The number of esters is 1. The van der Waals surface area contributed by atoms with Gasteiger partial charge < -0.3 is 19.8 Å². The summed E-state index contributed by atoms with van der Waals surface area (Å²) in [6.07, 6.45) is 1.72. The zero-order valence-corrected chi connectivity index (χ0v) is 16.2. The first kappa shape index (κ1) is 19.5. The Morgan fingerprint density at radius 3 is 2.57 bits per heavy atom. The number of aromatic nitrogens is 1. The van der Waals surface area contributed by atoms with Gasteiger partial charge in [0, 0.05) is 29.6 Å². The van der Waals surface area contributed by atoms with Gasteiger partial charge in [-0.1, -0.05) is 30.3 Å². The van der Waals surface area contributed by atoms with E-state index in [0.29, 0.717) is 17.9 Å². The highest BCUT2D eigenvalue weighted by Gasteiger charge is 2.39. The molecular weight excluding hydrogens is 356 g/mol. The van der Waals surface area contributed by atoms with Crippen molar-refractivity contribution in [3.8, 4) is 5.75 Å². The van der Waals surface area contributed by atoms with Crippen molar-refractivity contribution in [2.75, 3.05) is 6.61 Å². The predicted molar refractivity (Wildman–Crippen MR) is 107 cm³/mol. The summed E-state index contributed by atoms with van der Waals surface area (Å²) in [5.74, 6) is -0.158. The van der Waals surface area contributed by atoms with E-state index in [0.717, 1.165) is 16.5 Å². The maximum atomic E-state index is 12.7. The van der Waals surface area contributed by atoms with Gasteiger partial charge in [-0.25, -0.2) is 4.79 Å². The van der Waals surface area contributed by atoms with Crippen LogP contribution in [0.2, 0.25) is 0 Å². The molecule has 6 heteroatoms. The molecule has 1 unspecified atom stereocenters. The van der Waals surface area contributed by atoms with Crippen molar-refractivity contribution in [1.82, 2.24) is 10.3 Å². The Balaban J connectivity index is 1.95. The summed E-state index contributed by atoms with van der Waals surface area (Å²) in [7, 11) is 0. The van der Waals surface area contributed by atoms with Crippen LogP contribution in [0.4, 0.5) is 0 Å². The Labute approximate surface area is 163 Å². The van der Waals surface area contributed by atoms with Crippen molar-refractivity contribution in [2.24, 2.45) is 0 Å². The summed E-state index contributed by atoms with van der Waals surface area (Å²) in [6, 6.07) is 15.5. The number of fused-ring (bicyclic) bond motifs is 1. The smallest absolute Gasteiger partial charge is 0.336 e. The zero-order valence-electron chi connectivity index (χ0n) is 16.2. The minimum atomic E-state index is -1.31. The van der Waals surface area contributed by atoms with E-state index >= 15 is 0 Å². The van der Waals surface area contributed by atoms with Crippen LogP contribution < -0.4 is 10.1 Å². The average molecular weight is 380 g/mol. The molecule has 0 saturated carbocycles. The van der Waals surface area contributed by atoms with Crippen molar-refractivity contribution < 1.29 is 19.1 Å². The molecule has 0 saturated heterocycles. The number of hydrogen-bond donors (Lipinski definition) is 2. The molecule has 3 rings (SSSR count). The predicted octanol–water partition coefficient (Wildman–Crippen LogP) is 3.66. The fraction of sp³-hybridized carbons (Fsp3) is 0.273. The first-order valence-electron chi connectivity index (χ1n) is 9.18. The highest BCUT2D eigenvalue weighted by Crippen LogP contribution is 2.32. The molecule has 0 aliphatic carbocycles. The standard InChI is InChI=1S/C22H24N2O4/c1-4-27-21(26)22(3,24-15(2)25)19-13-23-20-11-10-17(12-18(19)20)28-14-16-8-6-5-7-9-16/h5-13,23H,4,14H2,1-3H3,(H,24,25). The number of hydrogen-bond acceptors (Lipinski definition) is 4. The van der Waals surface area contributed by atoms with Crippen LogP contribution >= 0.6 is 0 Å². The molecule has 0 fully saturated rings. The number of carbonyl (C=O) groups is 2. The largest absolute Gasteiger partial charge is 0.489 e. The van der Waals surface area contributed by atoms with Gasteiger partial charge in [0.25, 0.3) is 0 Å². The lowest BCUT2D eigenvalue weighted by Crippen LogP contribution is -2.49. The molecule has 28 heavy (non-hydrogen) atoms. The highest BCUT2D eigenvalue weighted by molar-refractivity contribution is 5.95. The molecule has 0 aliphatic heterocycles. The summed E-state index contributed by atoms with van der Waals surface area (Å²) in [5, 5.41) is 3.53. The first-order chi connectivity index (χ1) is 13.4. The monoisotopic (exact) mass is 380 g/mol. The van der Waals surface area contributed by atoms with E-state index in [4.69, 9.17) is 9.47 Å². The molecule has 1 atom stereocenters. The Morgan fingerprint density at radius 1 is 1.14 bits per heavy atom. The molecule has 0 radical (unpaired) electrons.